The predicted molar refractivity (Wildman–Crippen MR) is 130 cm³/mol. The summed E-state index contributed by atoms with van der Waals surface area (Å²) >= 11 is 4.13. The molecule has 9 heteroatoms. The van der Waals surface area contributed by atoms with E-state index in [1.807, 2.05) is 31.2 Å². The largest absolute Gasteiger partial charge is 0.316 e. The van der Waals surface area contributed by atoms with Gasteiger partial charge in [0.2, 0.25) is 5.91 Å². The number of benzene rings is 1. The number of rotatable bonds is 5. The zero-order valence-corrected chi connectivity index (χ0v) is 19.6. The molecular weight excluding hydrogens is 460 g/mol. The average Bonchev–Trinajstić information content (AvgIpc) is 3.49. The van der Waals surface area contributed by atoms with E-state index < -0.39 is 0 Å². The smallest absolute Gasteiger partial charge is 0.267 e. The van der Waals surface area contributed by atoms with Gasteiger partial charge in [-0.25, -0.2) is 4.98 Å². The molecule has 0 aliphatic heterocycles. The van der Waals surface area contributed by atoms with E-state index in [0.29, 0.717) is 21.1 Å². The molecule has 5 rings (SSSR count). The summed E-state index contributed by atoms with van der Waals surface area (Å²) in [6.07, 6.45) is 2.98. The molecule has 32 heavy (non-hydrogen) atoms. The third kappa shape index (κ3) is 3.75. The van der Waals surface area contributed by atoms with Gasteiger partial charge < -0.3 is 5.32 Å². The highest BCUT2D eigenvalue weighted by Gasteiger charge is 2.24. The van der Waals surface area contributed by atoms with Gasteiger partial charge in [0.05, 0.1) is 22.4 Å². The van der Waals surface area contributed by atoms with Crippen molar-refractivity contribution in [1.29, 1.82) is 5.26 Å². The molecule has 4 aromatic rings. The number of carbonyl (C=O) groups excluding carboxylic acids is 1. The molecule has 1 aliphatic carbocycles. The Hall–Kier alpha value is -2.93. The third-order valence-corrected chi connectivity index (χ3v) is 8.33. The molecule has 0 spiro atoms. The van der Waals surface area contributed by atoms with Gasteiger partial charge in [-0.3, -0.25) is 14.2 Å². The predicted octanol–water partition coefficient (Wildman–Crippen LogP) is 4.91. The van der Waals surface area contributed by atoms with Crippen molar-refractivity contribution in [3.63, 3.8) is 0 Å². The summed E-state index contributed by atoms with van der Waals surface area (Å²) in [4.78, 5) is 33.0. The number of anilines is 1. The van der Waals surface area contributed by atoms with E-state index in [1.54, 1.807) is 27.4 Å². The number of nitrogens with zero attached hydrogens (tertiary/aromatic N) is 3. The minimum absolute atomic E-state index is 0.0776. The number of aromatic nitrogens is 2. The molecule has 0 saturated carbocycles. The number of nitriles is 1. The third-order valence-electron chi connectivity index (χ3n) is 5.37. The molecule has 3 heterocycles. The Kier molecular flexibility index (Phi) is 5.59. The topological polar surface area (TPSA) is 87.8 Å². The monoisotopic (exact) mass is 478 g/mol. The van der Waals surface area contributed by atoms with Crippen LogP contribution in [0.15, 0.2) is 45.7 Å². The zero-order chi connectivity index (χ0) is 22.2. The molecular formula is C23H18N4O2S3. The van der Waals surface area contributed by atoms with Crippen LogP contribution in [-0.4, -0.2) is 21.2 Å². The van der Waals surface area contributed by atoms with Gasteiger partial charge >= 0.3 is 0 Å². The molecule has 0 unspecified atom stereocenters. The van der Waals surface area contributed by atoms with Crippen LogP contribution in [0.2, 0.25) is 0 Å². The summed E-state index contributed by atoms with van der Waals surface area (Å²) in [6, 6.07) is 11.5. The maximum Gasteiger partial charge on any atom is 0.267 e. The van der Waals surface area contributed by atoms with E-state index in [0.717, 1.165) is 40.9 Å². The van der Waals surface area contributed by atoms with Gasteiger partial charge in [-0.2, -0.15) is 5.26 Å². The minimum atomic E-state index is -0.243. The van der Waals surface area contributed by atoms with Gasteiger partial charge in [-0.05, 0) is 55.3 Å². The van der Waals surface area contributed by atoms with Gasteiger partial charge in [-0.1, -0.05) is 29.5 Å². The Morgan fingerprint density at radius 2 is 2.09 bits per heavy atom. The van der Waals surface area contributed by atoms with Crippen molar-refractivity contribution in [2.75, 3.05) is 11.1 Å². The van der Waals surface area contributed by atoms with E-state index in [1.165, 1.54) is 28.0 Å². The number of hydrogen-bond donors (Lipinski definition) is 1. The summed E-state index contributed by atoms with van der Waals surface area (Å²) in [5, 5.41) is 15.4. The van der Waals surface area contributed by atoms with E-state index in [-0.39, 0.29) is 17.2 Å². The van der Waals surface area contributed by atoms with E-state index in [4.69, 9.17) is 10.2 Å². The van der Waals surface area contributed by atoms with Crippen LogP contribution in [0.25, 0.3) is 15.9 Å². The van der Waals surface area contributed by atoms with Crippen molar-refractivity contribution in [2.45, 2.75) is 31.3 Å². The van der Waals surface area contributed by atoms with Crippen molar-refractivity contribution < 1.29 is 4.79 Å². The number of aryl methyl sites for hydroxylation is 3. The molecule has 0 radical (unpaired) electrons. The fourth-order valence-electron chi connectivity index (χ4n) is 3.83. The molecule has 3 aromatic heterocycles. The summed E-state index contributed by atoms with van der Waals surface area (Å²) < 4.78 is 1.62. The van der Waals surface area contributed by atoms with Crippen LogP contribution in [0.5, 0.6) is 0 Å². The summed E-state index contributed by atoms with van der Waals surface area (Å²) in [5.74, 6) is -0.162. The Labute approximate surface area is 196 Å². The second-order valence-electron chi connectivity index (χ2n) is 7.52. The molecule has 6 nitrogen and oxygen atoms in total. The molecule has 1 N–H and O–H groups in total. The van der Waals surface area contributed by atoms with Crippen LogP contribution >= 0.6 is 34.4 Å². The van der Waals surface area contributed by atoms with Crippen molar-refractivity contribution in [1.82, 2.24) is 9.55 Å². The van der Waals surface area contributed by atoms with Gasteiger partial charge in [0.15, 0.2) is 5.16 Å². The number of amides is 1. The lowest BCUT2D eigenvalue weighted by molar-refractivity contribution is -0.113. The number of nitrogens with one attached hydrogen (secondary N) is 1. The molecule has 1 amide bonds. The maximum absolute atomic E-state index is 13.6. The first-order chi connectivity index (χ1) is 15.5. The van der Waals surface area contributed by atoms with Crippen LogP contribution in [0.3, 0.4) is 0 Å². The lowest BCUT2D eigenvalue weighted by Crippen LogP contribution is -2.23. The van der Waals surface area contributed by atoms with Crippen molar-refractivity contribution in [3.8, 4) is 11.8 Å². The van der Waals surface area contributed by atoms with Gasteiger partial charge in [0.25, 0.3) is 5.56 Å². The molecule has 1 aromatic carbocycles. The highest BCUT2D eigenvalue weighted by molar-refractivity contribution is 7.99. The first-order valence-electron chi connectivity index (χ1n) is 10.1. The molecule has 0 bridgehead atoms. The fourth-order valence-corrected chi connectivity index (χ4v) is 6.70. The first-order valence-corrected chi connectivity index (χ1v) is 12.8. The van der Waals surface area contributed by atoms with Gasteiger partial charge in [0.1, 0.15) is 15.9 Å². The van der Waals surface area contributed by atoms with Gasteiger partial charge in [0, 0.05) is 4.88 Å². The van der Waals surface area contributed by atoms with Crippen LogP contribution in [0, 0.1) is 18.3 Å². The Morgan fingerprint density at radius 3 is 2.88 bits per heavy atom. The number of thiophene rings is 2. The van der Waals surface area contributed by atoms with E-state index in [2.05, 4.69) is 11.4 Å². The standard InChI is InChI=1S/C23H18N4O2S3/c1-13-5-7-15(8-6-13)27-22(29)19-16-3-2-4-17(16)32-21(19)26-23(27)31-12-18(28)25-20-14(11-24)9-10-30-20/h5-10H,2-4,12H2,1H3,(H,25,28). The number of hydrogen-bond acceptors (Lipinski definition) is 7. The van der Waals surface area contributed by atoms with Crippen LogP contribution in [0.1, 0.15) is 28.0 Å². The maximum atomic E-state index is 13.6. The summed E-state index contributed by atoms with van der Waals surface area (Å²) in [6.45, 7) is 2.00. The van der Waals surface area contributed by atoms with Gasteiger partial charge in [-0.15, -0.1) is 22.7 Å². The van der Waals surface area contributed by atoms with E-state index in [9.17, 15) is 9.59 Å². The molecule has 160 valence electrons. The zero-order valence-electron chi connectivity index (χ0n) is 17.2. The fraction of sp³-hybridized carbons (Fsp3) is 0.217. The van der Waals surface area contributed by atoms with Crippen LogP contribution < -0.4 is 10.9 Å². The summed E-state index contributed by atoms with van der Waals surface area (Å²) in [5.41, 5.74) is 3.34. The number of carbonyl (C=O) groups is 1. The quantitative estimate of drug-likeness (QED) is 0.325. The highest BCUT2D eigenvalue weighted by Crippen LogP contribution is 2.36. The first kappa shape index (κ1) is 20.9. The van der Waals surface area contributed by atoms with Crippen molar-refractivity contribution in [3.05, 3.63) is 67.6 Å². The lowest BCUT2D eigenvalue weighted by atomic mass is 10.2. The average molecular weight is 479 g/mol. The Bertz CT molecular complexity index is 1440. The second kappa shape index (κ2) is 8.54. The Balaban J connectivity index is 1.52. The number of fused-ring (bicyclic) bond motifs is 3. The normalized spacial score (nSPS) is 12.6. The minimum Gasteiger partial charge on any atom is -0.316 e. The van der Waals surface area contributed by atoms with Crippen molar-refractivity contribution >= 4 is 55.6 Å². The Morgan fingerprint density at radius 1 is 1.28 bits per heavy atom. The van der Waals surface area contributed by atoms with Crippen LogP contribution in [0.4, 0.5) is 5.00 Å². The SMILES string of the molecule is Cc1ccc(-n2c(SCC(=O)Nc3sccc3C#N)nc3sc4c(c3c2=O)CCC4)cc1. The van der Waals surface area contributed by atoms with E-state index >= 15 is 0 Å². The molecule has 0 saturated heterocycles. The van der Waals surface area contributed by atoms with Crippen LogP contribution in [-0.2, 0) is 17.6 Å². The van der Waals surface area contributed by atoms with Crippen molar-refractivity contribution in [2.24, 2.45) is 0 Å². The summed E-state index contributed by atoms with van der Waals surface area (Å²) in [7, 11) is 0. The molecule has 1 aliphatic rings. The highest BCUT2D eigenvalue weighted by atomic mass is 32.2. The number of thioether (sulfide) groups is 1. The molecule has 0 atom stereocenters. The second-order valence-corrected chi connectivity index (χ2v) is 10.5. The molecule has 0 fully saturated rings. The lowest BCUT2D eigenvalue weighted by Gasteiger charge is -2.13.